The van der Waals surface area contributed by atoms with E-state index < -0.39 is 5.82 Å². The molecule has 5 nitrogen and oxygen atoms in total. The molecule has 0 aliphatic carbocycles. The Kier molecular flexibility index (Phi) is 3.61. The van der Waals surface area contributed by atoms with Crippen molar-refractivity contribution >= 4 is 0 Å². The second-order valence-corrected chi connectivity index (χ2v) is 4.30. The lowest BCUT2D eigenvalue weighted by Gasteiger charge is -2.07. The second-order valence-electron chi connectivity index (χ2n) is 4.30. The molecule has 2 aromatic carbocycles. The first-order valence-corrected chi connectivity index (χ1v) is 6.31. The van der Waals surface area contributed by atoms with Crippen molar-refractivity contribution in [2.45, 2.75) is 6.61 Å². The molecule has 6 heteroatoms. The molecule has 0 aliphatic rings. The fraction of sp³-hybridized carbons (Fsp3) is 0.0667. The first-order chi connectivity index (χ1) is 10.3. The molecule has 0 fully saturated rings. The van der Waals surface area contributed by atoms with Crippen molar-refractivity contribution < 1.29 is 14.2 Å². The highest BCUT2D eigenvalue weighted by Gasteiger charge is 2.13. The summed E-state index contributed by atoms with van der Waals surface area (Å²) in [6.45, 7) is -0.327. The molecule has 0 spiro atoms. The molecule has 1 heterocycles. The summed E-state index contributed by atoms with van der Waals surface area (Å²) in [5, 5.41) is 13.3. The minimum absolute atomic E-state index is 0.0126. The van der Waals surface area contributed by atoms with Gasteiger partial charge in [0, 0.05) is 5.56 Å². The first-order valence-electron chi connectivity index (χ1n) is 6.31. The van der Waals surface area contributed by atoms with Gasteiger partial charge in [-0.3, -0.25) is 0 Å². The number of nitrogens with zero attached hydrogens (tertiary/aromatic N) is 3. The summed E-state index contributed by atoms with van der Waals surface area (Å²) < 4.78 is 20.6. The number of hydrogen-bond acceptors (Lipinski definition) is 4. The molecule has 0 aliphatic heterocycles. The standard InChI is InChI=1S/C15H12FN3O2/c16-13-8-4-5-11(9-20)14(13)21-15-17-10-19(18-15)12-6-2-1-3-7-12/h1-8,10,20H,9H2. The number of para-hydroxylation sites is 2. The van der Waals surface area contributed by atoms with Crippen LogP contribution in [0.25, 0.3) is 5.69 Å². The molecule has 1 aromatic heterocycles. The van der Waals surface area contributed by atoms with Gasteiger partial charge in [-0.05, 0) is 18.2 Å². The number of hydrogen-bond donors (Lipinski definition) is 1. The van der Waals surface area contributed by atoms with Gasteiger partial charge in [0.05, 0.1) is 12.3 Å². The molecule has 0 saturated carbocycles. The summed E-state index contributed by atoms with van der Waals surface area (Å²) >= 11 is 0. The molecule has 3 rings (SSSR count). The highest BCUT2D eigenvalue weighted by Crippen LogP contribution is 2.26. The highest BCUT2D eigenvalue weighted by molar-refractivity contribution is 5.36. The van der Waals surface area contributed by atoms with E-state index in [2.05, 4.69) is 10.1 Å². The van der Waals surface area contributed by atoms with E-state index in [0.29, 0.717) is 5.56 Å². The van der Waals surface area contributed by atoms with Crippen LogP contribution in [0, 0.1) is 5.82 Å². The molecule has 0 radical (unpaired) electrons. The number of halogens is 1. The van der Waals surface area contributed by atoms with Crippen LogP contribution in [-0.2, 0) is 6.61 Å². The lowest BCUT2D eigenvalue weighted by Crippen LogP contribution is -1.98. The van der Waals surface area contributed by atoms with Crippen molar-refractivity contribution in [1.29, 1.82) is 0 Å². The van der Waals surface area contributed by atoms with Crippen molar-refractivity contribution in [1.82, 2.24) is 14.8 Å². The Labute approximate surface area is 120 Å². The van der Waals surface area contributed by atoms with E-state index in [1.54, 1.807) is 6.07 Å². The first kappa shape index (κ1) is 13.3. The molecular weight excluding hydrogens is 273 g/mol. The molecule has 0 atom stereocenters. The Hall–Kier alpha value is -2.73. The van der Waals surface area contributed by atoms with Crippen molar-refractivity contribution in [2.75, 3.05) is 0 Å². The average Bonchev–Trinajstić information content (AvgIpc) is 2.99. The van der Waals surface area contributed by atoms with E-state index in [4.69, 9.17) is 4.74 Å². The van der Waals surface area contributed by atoms with Gasteiger partial charge in [-0.25, -0.2) is 9.07 Å². The van der Waals surface area contributed by atoms with E-state index in [9.17, 15) is 9.50 Å². The summed E-state index contributed by atoms with van der Waals surface area (Å²) in [6.07, 6.45) is 1.48. The Balaban J connectivity index is 1.89. The van der Waals surface area contributed by atoms with Crippen LogP contribution < -0.4 is 4.74 Å². The third-order valence-corrected chi connectivity index (χ3v) is 2.90. The third kappa shape index (κ3) is 2.75. The van der Waals surface area contributed by atoms with E-state index in [1.807, 2.05) is 30.3 Å². The fourth-order valence-electron chi connectivity index (χ4n) is 1.88. The molecule has 106 valence electrons. The van der Waals surface area contributed by atoms with Crippen LogP contribution in [0.3, 0.4) is 0 Å². The third-order valence-electron chi connectivity index (χ3n) is 2.90. The van der Waals surface area contributed by atoms with Gasteiger partial charge in [-0.1, -0.05) is 30.3 Å². The van der Waals surface area contributed by atoms with Crippen molar-refractivity contribution in [3.05, 3.63) is 66.2 Å². The Bertz CT molecular complexity index is 744. The minimum Gasteiger partial charge on any atom is -0.420 e. The van der Waals surface area contributed by atoms with Gasteiger partial charge in [0.25, 0.3) is 0 Å². The maximum Gasteiger partial charge on any atom is 0.341 e. The van der Waals surface area contributed by atoms with Gasteiger partial charge in [0.2, 0.25) is 0 Å². The molecular formula is C15H12FN3O2. The smallest absolute Gasteiger partial charge is 0.341 e. The van der Waals surface area contributed by atoms with E-state index in [-0.39, 0.29) is 18.4 Å². The average molecular weight is 285 g/mol. The summed E-state index contributed by atoms with van der Waals surface area (Å²) in [5.74, 6) is -0.636. The summed E-state index contributed by atoms with van der Waals surface area (Å²) in [4.78, 5) is 3.99. The van der Waals surface area contributed by atoms with E-state index >= 15 is 0 Å². The molecule has 0 bridgehead atoms. The SMILES string of the molecule is OCc1cccc(F)c1Oc1ncn(-c2ccccc2)n1. The number of rotatable bonds is 4. The van der Waals surface area contributed by atoms with E-state index in [0.717, 1.165) is 5.69 Å². The Morgan fingerprint density at radius 1 is 1.10 bits per heavy atom. The topological polar surface area (TPSA) is 60.2 Å². The van der Waals surface area contributed by atoms with Crippen LogP contribution in [0.15, 0.2) is 54.9 Å². The van der Waals surface area contributed by atoms with Crippen LogP contribution in [0.1, 0.15) is 5.56 Å². The lowest BCUT2D eigenvalue weighted by atomic mass is 10.2. The summed E-state index contributed by atoms with van der Waals surface area (Å²) in [6, 6.07) is 13.7. The fourth-order valence-corrected chi connectivity index (χ4v) is 1.88. The van der Waals surface area contributed by atoms with Crippen LogP contribution >= 0.6 is 0 Å². The number of ether oxygens (including phenoxy) is 1. The van der Waals surface area contributed by atoms with Crippen molar-refractivity contribution in [2.24, 2.45) is 0 Å². The molecule has 1 N–H and O–H groups in total. The molecule has 0 unspecified atom stereocenters. The minimum atomic E-state index is -0.572. The predicted molar refractivity (Wildman–Crippen MR) is 73.8 cm³/mol. The van der Waals surface area contributed by atoms with Crippen molar-refractivity contribution in [3.63, 3.8) is 0 Å². The van der Waals surface area contributed by atoms with Crippen LogP contribution in [0.5, 0.6) is 11.8 Å². The van der Waals surface area contributed by atoms with Crippen LogP contribution in [-0.4, -0.2) is 19.9 Å². The van der Waals surface area contributed by atoms with Gasteiger partial charge in [0.15, 0.2) is 11.6 Å². The zero-order chi connectivity index (χ0) is 14.7. The summed E-state index contributed by atoms with van der Waals surface area (Å²) in [7, 11) is 0. The van der Waals surface area contributed by atoms with Crippen LogP contribution in [0.4, 0.5) is 4.39 Å². The number of benzene rings is 2. The quantitative estimate of drug-likeness (QED) is 0.800. The molecule has 0 amide bonds. The molecule has 3 aromatic rings. The number of aliphatic hydroxyl groups is 1. The summed E-state index contributed by atoms with van der Waals surface area (Å²) in [5.41, 5.74) is 1.15. The number of aromatic nitrogens is 3. The zero-order valence-corrected chi connectivity index (χ0v) is 11.0. The predicted octanol–water partition coefficient (Wildman–Crippen LogP) is 2.69. The van der Waals surface area contributed by atoms with Crippen LogP contribution in [0.2, 0.25) is 0 Å². The van der Waals surface area contributed by atoms with Gasteiger partial charge < -0.3 is 9.84 Å². The molecule has 0 saturated heterocycles. The largest absolute Gasteiger partial charge is 0.420 e. The zero-order valence-electron chi connectivity index (χ0n) is 11.0. The highest BCUT2D eigenvalue weighted by atomic mass is 19.1. The van der Waals surface area contributed by atoms with Gasteiger partial charge in [-0.15, -0.1) is 5.10 Å². The Morgan fingerprint density at radius 3 is 2.67 bits per heavy atom. The van der Waals surface area contributed by atoms with Gasteiger partial charge >= 0.3 is 6.01 Å². The normalized spacial score (nSPS) is 10.6. The maximum atomic E-state index is 13.8. The molecule has 21 heavy (non-hydrogen) atoms. The van der Waals surface area contributed by atoms with Gasteiger partial charge in [0.1, 0.15) is 6.33 Å². The monoisotopic (exact) mass is 285 g/mol. The Morgan fingerprint density at radius 2 is 1.90 bits per heavy atom. The lowest BCUT2D eigenvalue weighted by molar-refractivity contribution is 0.273. The number of aliphatic hydroxyl groups excluding tert-OH is 1. The van der Waals surface area contributed by atoms with Gasteiger partial charge in [-0.2, -0.15) is 4.98 Å². The maximum absolute atomic E-state index is 13.8. The van der Waals surface area contributed by atoms with E-state index in [1.165, 1.54) is 23.1 Å². The second kappa shape index (κ2) is 5.72. The van der Waals surface area contributed by atoms with Crippen molar-refractivity contribution in [3.8, 4) is 17.4 Å².